The summed E-state index contributed by atoms with van der Waals surface area (Å²) in [6, 6.07) is 4.44. The molecule has 2 aromatic rings. The van der Waals surface area contributed by atoms with E-state index in [1.807, 2.05) is 12.3 Å². The van der Waals surface area contributed by atoms with Crippen molar-refractivity contribution in [1.82, 2.24) is 19.8 Å². The van der Waals surface area contributed by atoms with Gasteiger partial charge < -0.3 is 9.88 Å². The Balaban J connectivity index is 1.52. The number of thiophene rings is 1. The number of carbonyl (C=O) groups excluding carboxylic acids is 1. The molecule has 2 aromatic heterocycles. The second-order valence-corrected chi connectivity index (χ2v) is 6.83. The van der Waals surface area contributed by atoms with Crippen LogP contribution in [0.4, 0.5) is 0 Å². The third-order valence-electron chi connectivity index (χ3n) is 4.20. The van der Waals surface area contributed by atoms with Gasteiger partial charge in [-0.3, -0.25) is 9.69 Å². The molecule has 0 spiro atoms. The zero-order valence-electron chi connectivity index (χ0n) is 13.1. The van der Waals surface area contributed by atoms with Crippen LogP contribution in [0, 0.1) is 0 Å². The number of hydrogen-bond donors (Lipinski definition) is 1. The second-order valence-electron chi connectivity index (χ2n) is 5.80. The fourth-order valence-corrected chi connectivity index (χ4v) is 3.46. The zero-order chi connectivity index (χ0) is 15.5. The highest BCUT2D eigenvalue weighted by Gasteiger charge is 2.23. The number of amides is 1. The average molecular weight is 318 g/mol. The van der Waals surface area contributed by atoms with Crippen molar-refractivity contribution in [1.29, 1.82) is 0 Å². The molecule has 3 rings (SSSR count). The summed E-state index contributed by atoms with van der Waals surface area (Å²) in [5.74, 6) is 1.11. The van der Waals surface area contributed by atoms with Crippen molar-refractivity contribution >= 4 is 17.2 Å². The predicted molar refractivity (Wildman–Crippen MR) is 88.0 cm³/mol. The first-order chi connectivity index (χ1) is 10.6. The lowest BCUT2D eigenvalue weighted by Gasteiger charge is -2.30. The van der Waals surface area contributed by atoms with E-state index in [2.05, 4.69) is 45.2 Å². The van der Waals surface area contributed by atoms with E-state index in [1.165, 1.54) is 4.88 Å². The summed E-state index contributed by atoms with van der Waals surface area (Å²) < 4.78 is 2.18. The molecule has 6 heteroatoms. The molecule has 5 nitrogen and oxygen atoms in total. The fourth-order valence-electron chi connectivity index (χ4n) is 2.75. The second kappa shape index (κ2) is 6.62. The summed E-state index contributed by atoms with van der Waals surface area (Å²) >= 11 is 1.73. The van der Waals surface area contributed by atoms with Crippen molar-refractivity contribution in [3.8, 4) is 0 Å². The van der Waals surface area contributed by atoms with E-state index < -0.39 is 0 Å². The van der Waals surface area contributed by atoms with Crippen LogP contribution in [0.1, 0.15) is 29.4 Å². The monoisotopic (exact) mass is 318 g/mol. The number of imidazole rings is 1. The van der Waals surface area contributed by atoms with Gasteiger partial charge in [0.2, 0.25) is 5.91 Å². The van der Waals surface area contributed by atoms with Crippen LogP contribution in [0.15, 0.2) is 23.7 Å². The van der Waals surface area contributed by atoms with Crippen LogP contribution < -0.4 is 5.32 Å². The van der Waals surface area contributed by atoms with Crippen molar-refractivity contribution in [3.63, 3.8) is 0 Å². The Morgan fingerprint density at radius 3 is 3.14 bits per heavy atom. The highest BCUT2D eigenvalue weighted by Crippen LogP contribution is 2.22. The first-order valence-corrected chi connectivity index (χ1v) is 8.56. The van der Waals surface area contributed by atoms with E-state index >= 15 is 0 Å². The van der Waals surface area contributed by atoms with Crippen LogP contribution in [-0.4, -0.2) is 40.5 Å². The molecule has 1 N–H and O–H groups in total. The van der Waals surface area contributed by atoms with Gasteiger partial charge in [0.1, 0.15) is 5.82 Å². The van der Waals surface area contributed by atoms with E-state index in [4.69, 9.17) is 0 Å². The minimum Gasteiger partial charge on any atom is -0.355 e. The summed E-state index contributed by atoms with van der Waals surface area (Å²) in [5.41, 5.74) is 0.866. The van der Waals surface area contributed by atoms with Crippen LogP contribution in [-0.2, 0) is 24.2 Å². The van der Waals surface area contributed by atoms with Crippen LogP contribution >= 0.6 is 11.3 Å². The van der Waals surface area contributed by atoms with E-state index in [1.54, 1.807) is 11.3 Å². The Kier molecular flexibility index (Phi) is 4.59. The minimum absolute atomic E-state index is 0.0491. The first-order valence-electron chi connectivity index (χ1n) is 7.69. The van der Waals surface area contributed by atoms with Gasteiger partial charge in [-0.25, -0.2) is 4.98 Å². The molecular formula is C16H22N4OS. The molecule has 0 aliphatic carbocycles. The van der Waals surface area contributed by atoms with E-state index in [0.29, 0.717) is 19.0 Å². The number of nitrogens with one attached hydrogen (secondary N) is 1. The van der Waals surface area contributed by atoms with Gasteiger partial charge in [-0.1, -0.05) is 6.07 Å². The highest BCUT2D eigenvalue weighted by atomic mass is 32.1. The van der Waals surface area contributed by atoms with Crippen molar-refractivity contribution in [3.05, 3.63) is 40.1 Å². The lowest BCUT2D eigenvalue weighted by Crippen LogP contribution is -2.33. The quantitative estimate of drug-likeness (QED) is 0.915. The SMILES string of the molecule is CC1c2nc(CC(=O)NCCc3cccs3)cn2CCN1C. The maximum atomic E-state index is 12.0. The van der Waals surface area contributed by atoms with Gasteiger partial charge >= 0.3 is 0 Å². The minimum atomic E-state index is 0.0491. The maximum Gasteiger partial charge on any atom is 0.226 e. The molecule has 0 saturated carbocycles. The van der Waals surface area contributed by atoms with Crippen molar-refractivity contribution in [2.45, 2.75) is 32.4 Å². The van der Waals surface area contributed by atoms with Crippen molar-refractivity contribution in [2.75, 3.05) is 20.1 Å². The summed E-state index contributed by atoms with van der Waals surface area (Å²) in [7, 11) is 2.11. The number of aromatic nitrogens is 2. The highest BCUT2D eigenvalue weighted by molar-refractivity contribution is 7.09. The smallest absolute Gasteiger partial charge is 0.226 e. The van der Waals surface area contributed by atoms with Crippen LogP contribution in [0.5, 0.6) is 0 Å². The van der Waals surface area contributed by atoms with E-state index in [9.17, 15) is 4.79 Å². The standard InChI is InChI=1S/C16H22N4OS/c1-12-16-18-13(11-20(16)8-7-19(12)2)10-15(21)17-6-5-14-4-3-9-22-14/h3-4,9,11-12H,5-8,10H2,1-2H3,(H,17,21). The molecular weight excluding hydrogens is 296 g/mol. The van der Waals surface area contributed by atoms with E-state index in [0.717, 1.165) is 31.0 Å². The van der Waals surface area contributed by atoms with Gasteiger partial charge in [-0.15, -0.1) is 11.3 Å². The number of fused-ring (bicyclic) bond motifs is 1. The molecule has 1 atom stereocenters. The average Bonchev–Trinajstić information content (AvgIpc) is 3.12. The van der Waals surface area contributed by atoms with Gasteiger partial charge in [0.25, 0.3) is 0 Å². The summed E-state index contributed by atoms with van der Waals surface area (Å²) in [5, 5.41) is 5.04. The number of hydrogen-bond acceptors (Lipinski definition) is 4. The normalized spacial score (nSPS) is 18.2. The Morgan fingerprint density at radius 2 is 2.36 bits per heavy atom. The summed E-state index contributed by atoms with van der Waals surface area (Å²) in [6.45, 7) is 4.81. The van der Waals surface area contributed by atoms with Crippen LogP contribution in [0.25, 0.3) is 0 Å². The first kappa shape index (κ1) is 15.2. The zero-order valence-corrected chi connectivity index (χ0v) is 13.9. The van der Waals surface area contributed by atoms with E-state index in [-0.39, 0.29) is 5.91 Å². The fraction of sp³-hybridized carbons (Fsp3) is 0.500. The molecule has 0 bridgehead atoms. The van der Waals surface area contributed by atoms with Gasteiger partial charge in [0.05, 0.1) is 18.2 Å². The molecule has 1 aliphatic rings. The Hall–Kier alpha value is -1.66. The lowest BCUT2D eigenvalue weighted by atomic mass is 10.2. The molecule has 0 fully saturated rings. The third-order valence-corrected chi connectivity index (χ3v) is 5.14. The molecule has 0 radical (unpaired) electrons. The van der Waals surface area contributed by atoms with Crippen LogP contribution in [0.2, 0.25) is 0 Å². The molecule has 0 aromatic carbocycles. The lowest BCUT2D eigenvalue weighted by molar-refractivity contribution is -0.120. The van der Waals surface area contributed by atoms with Gasteiger partial charge in [-0.2, -0.15) is 0 Å². The molecule has 1 aliphatic heterocycles. The Bertz CT molecular complexity index is 635. The third kappa shape index (κ3) is 3.39. The van der Waals surface area contributed by atoms with Gasteiger partial charge in [0, 0.05) is 30.7 Å². The molecule has 1 unspecified atom stereocenters. The number of nitrogens with zero attached hydrogens (tertiary/aromatic N) is 3. The van der Waals surface area contributed by atoms with Gasteiger partial charge in [-0.05, 0) is 31.8 Å². The molecule has 1 amide bonds. The summed E-state index contributed by atoms with van der Waals surface area (Å²) in [4.78, 5) is 20.3. The molecule has 3 heterocycles. The van der Waals surface area contributed by atoms with Crippen molar-refractivity contribution in [2.24, 2.45) is 0 Å². The largest absolute Gasteiger partial charge is 0.355 e. The topological polar surface area (TPSA) is 50.2 Å². The molecule has 22 heavy (non-hydrogen) atoms. The van der Waals surface area contributed by atoms with Crippen molar-refractivity contribution < 1.29 is 4.79 Å². The molecule has 0 saturated heterocycles. The number of carbonyl (C=O) groups is 1. The maximum absolute atomic E-state index is 12.0. The summed E-state index contributed by atoms with van der Waals surface area (Å²) in [6.07, 6.45) is 3.28. The Labute approximate surface area is 135 Å². The molecule has 118 valence electrons. The number of rotatable bonds is 5. The van der Waals surface area contributed by atoms with Gasteiger partial charge in [0.15, 0.2) is 0 Å². The Morgan fingerprint density at radius 1 is 1.50 bits per heavy atom. The number of likely N-dealkylation sites (N-methyl/N-ethyl adjacent to an activating group) is 1. The van der Waals surface area contributed by atoms with Crippen LogP contribution in [0.3, 0.4) is 0 Å². The predicted octanol–water partition coefficient (Wildman–Crippen LogP) is 1.85.